The molecule has 0 amide bonds. The van der Waals surface area contributed by atoms with Gasteiger partial charge in [0.15, 0.2) is 11.5 Å². The third-order valence-corrected chi connectivity index (χ3v) is 2.72. The molecule has 1 atom stereocenters. The highest BCUT2D eigenvalue weighted by molar-refractivity contribution is 5.56. The van der Waals surface area contributed by atoms with Gasteiger partial charge in [0.2, 0.25) is 5.75 Å². The molecule has 1 unspecified atom stereocenters. The number of hydrazine groups is 1. The van der Waals surface area contributed by atoms with Crippen molar-refractivity contribution < 1.29 is 14.2 Å². The van der Waals surface area contributed by atoms with Crippen LogP contribution in [0.2, 0.25) is 0 Å². The van der Waals surface area contributed by atoms with Gasteiger partial charge in [0.1, 0.15) is 0 Å². The molecule has 0 aliphatic rings. The number of ether oxygens (including phenoxy) is 3. The molecule has 1 aromatic carbocycles. The van der Waals surface area contributed by atoms with E-state index in [2.05, 4.69) is 5.43 Å². The zero-order valence-electron chi connectivity index (χ0n) is 10.7. The van der Waals surface area contributed by atoms with Crippen LogP contribution in [-0.4, -0.2) is 21.3 Å². The quantitative estimate of drug-likeness (QED) is 0.584. The lowest BCUT2D eigenvalue weighted by Crippen LogP contribution is -2.27. The minimum Gasteiger partial charge on any atom is -0.493 e. The van der Waals surface area contributed by atoms with Crippen molar-refractivity contribution in [2.24, 2.45) is 5.84 Å². The number of hydrogen-bond acceptors (Lipinski definition) is 5. The average molecular weight is 240 g/mol. The standard InChI is InChI=1S/C12H20N2O3/c1-5-9(14-13)8-6-7-10(15-2)12(17-4)11(8)16-3/h6-7,9,14H,5,13H2,1-4H3. The second-order valence-corrected chi connectivity index (χ2v) is 3.55. The van der Waals surface area contributed by atoms with Gasteiger partial charge in [-0.3, -0.25) is 11.3 Å². The molecule has 0 radical (unpaired) electrons. The lowest BCUT2D eigenvalue weighted by molar-refractivity contribution is 0.318. The molecule has 0 aliphatic carbocycles. The van der Waals surface area contributed by atoms with Gasteiger partial charge in [0.05, 0.1) is 21.3 Å². The molecule has 0 spiro atoms. The van der Waals surface area contributed by atoms with Gasteiger partial charge < -0.3 is 14.2 Å². The maximum Gasteiger partial charge on any atom is 0.203 e. The Balaban J connectivity index is 3.31. The van der Waals surface area contributed by atoms with E-state index in [1.54, 1.807) is 21.3 Å². The number of nitrogens with two attached hydrogens (primary N) is 1. The van der Waals surface area contributed by atoms with E-state index in [0.29, 0.717) is 17.2 Å². The normalized spacial score (nSPS) is 12.1. The van der Waals surface area contributed by atoms with Crippen LogP contribution in [0.5, 0.6) is 17.2 Å². The monoisotopic (exact) mass is 240 g/mol. The van der Waals surface area contributed by atoms with E-state index in [9.17, 15) is 0 Å². The maximum absolute atomic E-state index is 5.52. The number of methoxy groups -OCH3 is 3. The fourth-order valence-corrected chi connectivity index (χ4v) is 1.83. The van der Waals surface area contributed by atoms with E-state index in [1.807, 2.05) is 19.1 Å². The second kappa shape index (κ2) is 6.32. The van der Waals surface area contributed by atoms with Crippen molar-refractivity contribution in [3.8, 4) is 17.2 Å². The SMILES string of the molecule is CCC(NN)c1ccc(OC)c(OC)c1OC. The first kappa shape index (κ1) is 13.6. The minimum atomic E-state index is 0.0183. The summed E-state index contributed by atoms with van der Waals surface area (Å²) in [7, 11) is 4.78. The molecule has 0 heterocycles. The molecule has 96 valence electrons. The summed E-state index contributed by atoms with van der Waals surface area (Å²) in [5.74, 6) is 7.40. The van der Waals surface area contributed by atoms with Crippen molar-refractivity contribution in [1.29, 1.82) is 0 Å². The van der Waals surface area contributed by atoms with Crippen LogP contribution >= 0.6 is 0 Å². The third kappa shape index (κ3) is 2.62. The van der Waals surface area contributed by atoms with Gasteiger partial charge in [0.25, 0.3) is 0 Å². The summed E-state index contributed by atoms with van der Waals surface area (Å²) in [6, 6.07) is 3.79. The fourth-order valence-electron chi connectivity index (χ4n) is 1.83. The Morgan fingerprint density at radius 1 is 1.12 bits per heavy atom. The third-order valence-electron chi connectivity index (χ3n) is 2.72. The predicted octanol–water partition coefficient (Wildman–Crippen LogP) is 1.63. The molecule has 0 fully saturated rings. The lowest BCUT2D eigenvalue weighted by Gasteiger charge is -2.20. The molecular weight excluding hydrogens is 220 g/mol. The summed E-state index contributed by atoms with van der Waals surface area (Å²) >= 11 is 0. The number of benzene rings is 1. The summed E-state index contributed by atoms with van der Waals surface area (Å²) in [6.07, 6.45) is 0.850. The maximum atomic E-state index is 5.52. The Hall–Kier alpha value is -1.46. The van der Waals surface area contributed by atoms with Crippen LogP contribution in [0, 0.1) is 0 Å². The van der Waals surface area contributed by atoms with Crippen LogP contribution in [0.3, 0.4) is 0 Å². The second-order valence-electron chi connectivity index (χ2n) is 3.55. The van der Waals surface area contributed by atoms with Crippen LogP contribution < -0.4 is 25.5 Å². The molecule has 0 saturated carbocycles. The van der Waals surface area contributed by atoms with Crippen molar-refractivity contribution in [1.82, 2.24) is 5.43 Å². The molecule has 1 rings (SSSR count). The van der Waals surface area contributed by atoms with Crippen LogP contribution in [0.15, 0.2) is 12.1 Å². The summed E-state index contributed by atoms with van der Waals surface area (Å²) in [5, 5.41) is 0. The Bertz CT molecular complexity index is 365. The van der Waals surface area contributed by atoms with E-state index in [1.165, 1.54) is 0 Å². The summed E-state index contributed by atoms with van der Waals surface area (Å²) in [6.45, 7) is 2.04. The molecule has 0 bridgehead atoms. The van der Waals surface area contributed by atoms with E-state index >= 15 is 0 Å². The van der Waals surface area contributed by atoms with E-state index < -0.39 is 0 Å². The molecule has 5 nitrogen and oxygen atoms in total. The van der Waals surface area contributed by atoms with Gasteiger partial charge in [-0.1, -0.05) is 6.92 Å². The first-order valence-corrected chi connectivity index (χ1v) is 5.48. The van der Waals surface area contributed by atoms with Crippen molar-refractivity contribution in [3.05, 3.63) is 17.7 Å². The van der Waals surface area contributed by atoms with Crippen molar-refractivity contribution in [2.45, 2.75) is 19.4 Å². The number of nitrogens with one attached hydrogen (secondary N) is 1. The predicted molar refractivity (Wildman–Crippen MR) is 66.5 cm³/mol. The van der Waals surface area contributed by atoms with Gasteiger partial charge in [-0.25, -0.2) is 0 Å². The highest BCUT2D eigenvalue weighted by Gasteiger charge is 2.20. The van der Waals surface area contributed by atoms with Crippen LogP contribution in [0.4, 0.5) is 0 Å². The lowest BCUT2D eigenvalue weighted by atomic mass is 10.0. The molecule has 5 heteroatoms. The molecule has 0 aliphatic heterocycles. The van der Waals surface area contributed by atoms with Gasteiger partial charge in [0, 0.05) is 11.6 Å². The highest BCUT2D eigenvalue weighted by Crippen LogP contribution is 2.42. The topological polar surface area (TPSA) is 65.7 Å². The highest BCUT2D eigenvalue weighted by atomic mass is 16.5. The van der Waals surface area contributed by atoms with Crippen molar-refractivity contribution >= 4 is 0 Å². The Morgan fingerprint density at radius 2 is 1.76 bits per heavy atom. The van der Waals surface area contributed by atoms with Gasteiger partial charge in [-0.05, 0) is 18.6 Å². The first-order valence-electron chi connectivity index (χ1n) is 5.48. The van der Waals surface area contributed by atoms with Gasteiger partial charge in [-0.2, -0.15) is 0 Å². The molecule has 17 heavy (non-hydrogen) atoms. The first-order chi connectivity index (χ1) is 8.23. The van der Waals surface area contributed by atoms with Crippen molar-refractivity contribution in [3.63, 3.8) is 0 Å². The summed E-state index contributed by atoms with van der Waals surface area (Å²) in [4.78, 5) is 0. The fraction of sp³-hybridized carbons (Fsp3) is 0.500. The molecule has 3 N–H and O–H groups in total. The Labute approximate surface area is 102 Å². The van der Waals surface area contributed by atoms with Gasteiger partial charge >= 0.3 is 0 Å². The molecule has 0 saturated heterocycles. The van der Waals surface area contributed by atoms with E-state index in [0.717, 1.165) is 12.0 Å². The number of hydrogen-bond donors (Lipinski definition) is 2. The summed E-state index contributed by atoms with van der Waals surface area (Å²) in [5.41, 5.74) is 3.71. The minimum absolute atomic E-state index is 0.0183. The van der Waals surface area contributed by atoms with Crippen LogP contribution in [0.1, 0.15) is 24.9 Å². The van der Waals surface area contributed by atoms with E-state index in [-0.39, 0.29) is 6.04 Å². The van der Waals surface area contributed by atoms with Crippen LogP contribution in [-0.2, 0) is 0 Å². The van der Waals surface area contributed by atoms with E-state index in [4.69, 9.17) is 20.1 Å². The summed E-state index contributed by atoms with van der Waals surface area (Å²) < 4.78 is 15.9. The zero-order chi connectivity index (χ0) is 12.8. The largest absolute Gasteiger partial charge is 0.493 e. The van der Waals surface area contributed by atoms with Crippen molar-refractivity contribution in [2.75, 3.05) is 21.3 Å². The van der Waals surface area contributed by atoms with Gasteiger partial charge in [-0.15, -0.1) is 0 Å². The van der Waals surface area contributed by atoms with Crippen LogP contribution in [0.25, 0.3) is 0 Å². The smallest absolute Gasteiger partial charge is 0.203 e. The molecular formula is C12H20N2O3. The zero-order valence-corrected chi connectivity index (χ0v) is 10.7. The number of rotatable bonds is 6. The Kier molecular flexibility index (Phi) is 5.06. The Morgan fingerprint density at radius 3 is 2.18 bits per heavy atom. The molecule has 1 aromatic rings. The average Bonchev–Trinajstić information content (AvgIpc) is 2.39. The molecule has 0 aromatic heterocycles.